The zero-order valence-electron chi connectivity index (χ0n) is 3.73. The minimum Gasteiger partial charge on any atom is -0.370 e. The molecule has 0 unspecified atom stereocenters. The largest absolute Gasteiger partial charge is 0.370 e. The number of hydrogen-bond acceptors (Lipinski definition) is 3. The number of rotatable bonds is 0. The van der Waals surface area contributed by atoms with Crippen molar-refractivity contribution in [1.82, 2.24) is 5.32 Å². The SMILES string of the molecule is O=C=C1CSCN1. The Bertz CT molecular complexity index is 109. The van der Waals surface area contributed by atoms with Gasteiger partial charge in [-0.1, -0.05) is 0 Å². The highest BCUT2D eigenvalue weighted by Gasteiger charge is 2.03. The molecule has 1 N–H and O–H groups in total. The highest BCUT2D eigenvalue weighted by molar-refractivity contribution is 7.99. The van der Waals surface area contributed by atoms with Crippen molar-refractivity contribution in [1.29, 1.82) is 0 Å². The molecule has 0 radical (unpaired) electrons. The van der Waals surface area contributed by atoms with Crippen LogP contribution < -0.4 is 5.32 Å². The second-order valence-electron chi connectivity index (χ2n) is 1.25. The van der Waals surface area contributed by atoms with Gasteiger partial charge in [-0.05, 0) is 0 Å². The van der Waals surface area contributed by atoms with E-state index in [1.54, 1.807) is 17.7 Å². The van der Waals surface area contributed by atoms with Crippen LogP contribution in [0.3, 0.4) is 0 Å². The maximum absolute atomic E-state index is 9.77. The molecule has 0 aromatic heterocycles. The Labute approximate surface area is 46.0 Å². The second-order valence-corrected chi connectivity index (χ2v) is 2.24. The van der Waals surface area contributed by atoms with Gasteiger partial charge in [0.2, 0.25) is 0 Å². The molecule has 0 aromatic rings. The smallest absolute Gasteiger partial charge is 0.146 e. The summed E-state index contributed by atoms with van der Waals surface area (Å²) in [5, 5.41) is 2.86. The molecular formula is C4H5NOS. The van der Waals surface area contributed by atoms with Crippen LogP contribution in [-0.4, -0.2) is 17.6 Å². The highest BCUT2D eigenvalue weighted by Crippen LogP contribution is 2.08. The summed E-state index contributed by atoms with van der Waals surface area (Å²) in [4.78, 5) is 9.77. The summed E-state index contributed by atoms with van der Waals surface area (Å²) in [5.74, 6) is 3.47. The van der Waals surface area contributed by atoms with Gasteiger partial charge in [0.05, 0.1) is 5.88 Å². The van der Waals surface area contributed by atoms with Gasteiger partial charge >= 0.3 is 0 Å². The van der Waals surface area contributed by atoms with E-state index in [2.05, 4.69) is 5.32 Å². The Morgan fingerprint density at radius 3 is 3.00 bits per heavy atom. The maximum Gasteiger partial charge on any atom is 0.146 e. The van der Waals surface area contributed by atoms with Crippen LogP contribution in [0.25, 0.3) is 0 Å². The standard InChI is InChI=1S/C4H5NOS/c6-1-4-2-7-3-5-4/h5H,2-3H2. The molecule has 0 bridgehead atoms. The third-order valence-corrected chi connectivity index (χ3v) is 1.60. The lowest BCUT2D eigenvalue weighted by atomic mass is 10.6. The van der Waals surface area contributed by atoms with Gasteiger partial charge in [-0.15, -0.1) is 11.8 Å². The Kier molecular flexibility index (Phi) is 1.39. The van der Waals surface area contributed by atoms with Crippen LogP contribution in [0.2, 0.25) is 0 Å². The molecule has 1 aliphatic heterocycles. The monoisotopic (exact) mass is 115 g/mol. The molecule has 3 heteroatoms. The van der Waals surface area contributed by atoms with Gasteiger partial charge in [-0.2, -0.15) is 0 Å². The zero-order valence-corrected chi connectivity index (χ0v) is 4.55. The van der Waals surface area contributed by atoms with Crippen molar-refractivity contribution in [3.63, 3.8) is 0 Å². The summed E-state index contributed by atoms with van der Waals surface area (Å²) in [6.45, 7) is 0. The van der Waals surface area contributed by atoms with Crippen molar-refractivity contribution in [3.05, 3.63) is 5.70 Å². The van der Waals surface area contributed by atoms with Crippen LogP contribution in [0.4, 0.5) is 0 Å². The Morgan fingerprint density at radius 2 is 2.71 bits per heavy atom. The van der Waals surface area contributed by atoms with E-state index in [0.717, 1.165) is 11.6 Å². The van der Waals surface area contributed by atoms with Crippen molar-refractivity contribution in [3.8, 4) is 0 Å². The predicted octanol–water partition coefficient (Wildman–Crippen LogP) is -0.00420. The molecule has 2 nitrogen and oxygen atoms in total. The average molecular weight is 115 g/mol. The van der Waals surface area contributed by atoms with E-state index >= 15 is 0 Å². The Balaban J connectivity index is 2.57. The fraction of sp³-hybridized carbons (Fsp3) is 0.500. The predicted molar refractivity (Wildman–Crippen MR) is 29.7 cm³/mol. The van der Waals surface area contributed by atoms with Crippen molar-refractivity contribution in [2.75, 3.05) is 11.6 Å². The fourth-order valence-corrected chi connectivity index (χ4v) is 1.15. The van der Waals surface area contributed by atoms with E-state index in [-0.39, 0.29) is 0 Å². The summed E-state index contributed by atoms with van der Waals surface area (Å²) in [6.07, 6.45) is 0. The summed E-state index contributed by atoms with van der Waals surface area (Å²) >= 11 is 1.70. The molecule has 38 valence electrons. The molecule has 1 heterocycles. The third-order valence-electron chi connectivity index (χ3n) is 0.757. The van der Waals surface area contributed by atoms with Crippen molar-refractivity contribution in [2.24, 2.45) is 0 Å². The normalized spacial score (nSPS) is 18.6. The number of nitrogens with one attached hydrogen (secondary N) is 1. The number of carbonyl (C=O) groups excluding carboxylic acids is 1. The molecule has 0 aliphatic carbocycles. The van der Waals surface area contributed by atoms with Gasteiger partial charge in [0.1, 0.15) is 11.6 Å². The zero-order chi connectivity index (χ0) is 5.11. The van der Waals surface area contributed by atoms with Crippen LogP contribution in [0.15, 0.2) is 5.70 Å². The van der Waals surface area contributed by atoms with Crippen LogP contribution in [0.5, 0.6) is 0 Å². The van der Waals surface area contributed by atoms with Gasteiger partial charge in [0.25, 0.3) is 0 Å². The molecule has 0 amide bonds. The summed E-state index contributed by atoms with van der Waals surface area (Å²) in [5.41, 5.74) is 0.699. The van der Waals surface area contributed by atoms with Crippen LogP contribution in [0, 0.1) is 0 Å². The van der Waals surface area contributed by atoms with E-state index in [9.17, 15) is 4.79 Å². The van der Waals surface area contributed by atoms with E-state index in [1.807, 2.05) is 0 Å². The lowest BCUT2D eigenvalue weighted by Crippen LogP contribution is -2.03. The molecule has 0 saturated carbocycles. The molecule has 7 heavy (non-hydrogen) atoms. The average Bonchev–Trinajstić information content (AvgIpc) is 2.14. The van der Waals surface area contributed by atoms with E-state index in [1.165, 1.54) is 0 Å². The van der Waals surface area contributed by atoms with E-state index in [4.69, 9.17) is 0 Å². The van der Waals surface area contributed by atoms with Crippen molar-refractivity contribution >= 4 is 17.7 Å². The first-order chi connectivity index (χ1) is 3.43. The van der Waals surface area contributed by atoms with E-state index < -0.39 is 0 Å². The second kappa shape index (κ2) is 2.05. The lowest BCUT2D eigenvalue weighted by molar-refractivity contribution is 0.566. The molecule has 1 saturated heterocycles. The molecule has 1 aliphatic rings. The van der Waals surface area contributed by atoms with Crippen LogP contribution in [-0.2, 0) is 4.79 Å². The highest BCUT2D eigenvalue weighted by atomic mass is 32.2. The fourth-order valence-electron chi connectivity index (χ4n) is 0.408. The van der Waals surface area contributed by atoms with Gasteiger partial charge in [0.15, 0.2) is 0 Å². The van der Waals surface area contributed by atoms with Crippen LogP contribution >= 0.6 is 11.8 Å². The van der Waals surface area contributed by atoms with Crippen molar-refractivity contribution in [2.45, 2.75) is 0 Å². The quantitative estimate of drug-likeness (QED) is 0.450. The minimum absolute atomic E-state index is 0.699. The molecule has 0 spiro atoms. The number of thioether (sulfide) groups is 1. The first-order valence-electron chi connectivity index (χ1n) is 1.99. The lowest BCUT2D eigenvalue weighted by Gasteiger charge is -1.82. The first-order valence-corrected chi connectivity index (χ1v) is 3.14. The molecule has 0 atom stereocenters. The molecule has 1 rings (SSSR count). The Morgan fingerprint density at radius 1 is 1.86 bits per heavy atom. The summed E-state index contributed by atoms with van der Waals surface area (Å²) in [7, 11) is 0. The topological polar surface area (TPSA) is 29.1 Å². The van der Waals surface area contributed by atoms with Crippen LogP contribution in [0.1, 0.15) is 0 Å². The van der Waals surface area contributed by atoms with Gasteiger partial charge in [-0.25, -0.2) is 4.79 Å². The van der Waals surface area contributed by atoms with Crippen molar-refractivity contribution < 1.29 is 4.79 Å². The summed E-state index contributed by atoms with van der Waals surface area (Å²) < 4.78 is 0. The molecule has 1 fully saturated rings. The maximum atomic E-state index is 9.77. The van der Waals surface area contributed by atoms with E-state index in [0.29, 0.717) is 5.70 Å². The number of hydrogen-bond donors (Lipinski definition) is 1. The van der Waals surface area contributed by atoms with Gasteiger partial charge < -0.3 is 5.32 Å². The molecular weight excluding hydrogens is 110 g/mol. The Hall–Kier alpha value is -0.400. The first kappa shape index (κ1) is 4.75. The summed E-state index contributed by atoms with van der Waals surface area (Å²) in [6, 6.07) is 0. The van der Waals surface area contributed by atoms with Gasteiger partial charge in [-0.3, -0.25) is 0 Å². The molecule has 0 aromatic carbocycles. The third kappa shape index (κ3) is 0.981. The van der Waals surface area contributed by atoms with Gasteiger partial charge in [0, 0.05) is 5.75 Å². The minimum atomic E-state index is 0.699.